The molecule has 0 spiro atoms. The van der Waals surface area contributed by atoms with Crippen LogP contribution < -0.4 is 0 Å². The van der Waals surface area contributed by atoms with Gasteiger partial charge in [-0.3, -0.25) is 14.3 Å². The molecule has 0 bridgehead atoms. The third-order valence-electron chi connectivity index (χ3n) is 4.95. The van der Waals surface area contributed by atoms with Crippen LogP contribution in [0.15, 0.2) is 12.3 Å². The summed E-state index contributed by atoms with van der Waals surface area (Å²) in [6.45, 7) is 4.77. The number of piperidine rings is 1. The molecule has 2 aliphatic heterocycles. The Labute approximate surface area is 145 Å². The van der Waals surface area contributed by atoms with Gasteiger partial charge in [-0.2, -0.15) is 5.10 Å². The highest BCUT2D eigenvalue weighted by Gasteiger charge is 2.37. The number of hydrogen-bond acceptors (Lipinski definition) is 3. The average molecular weight is 354 g/mol. The van der Waals surface area contributed by atoms with Crippen LogP contribution in [0.3, 0.4) is 0 Å². The van der Waals surface area contributed by atoms with E-state index in [1.807, 2.05) is 19.9 Å². The number of aromatic nitrogens is 2. The van der Waals surface area contributed by atoms with Gasteiger partial charge in [-0.15, -0.1) is 0 Å². The first-order valence-corrected chi connectivity index (χ1v) is 8.73. The molecule has 2 aliphatic rings. The number of rotatable bonds is 3. The molecule has 6 nitrogen and oxygen atoms in total. The van der Waals surface area contributed by atoms with Crippen LogP contribution in [0.25, 0.3) is 0 Å². The number of amides is 2. The van der Waals surface area contributed by atoms with Crippen molar-refractivity contribution in [1.29, 1.82) is 0 Å². The third kappa shape index (κ3) is 3.82. The van der Waals surface area contributed by atoms with Crippen molar-refractivity contribution in [2.75, 3.05) is 19.6 Å². The van der Waals surface area contributed by atoms with Crippen LogP contribution in [0, 0.1) is 5.92 Å². The van der Waals surface area contributed by atoms with Crippen LogP contribution >= 0.6 is 0 Å². The van der Waals surface area contributed by atoms with Crippen molar-refractivity contribution < 1.29 is 18.4 Å². The summed E-state index contributed by atoms with van der Waals surface area (Å²) < 4.78 is 28.3. The van der Waals surface area contributed by atoms with E-state index in [2.05, 4.69) is 5.10 Å². The third-order valence-corrected chi connectivity index (χ3v) is 4.95. The van der Waals surface area contributed by atoms with Gasteiger partial charge in [-0.1, -0.05) is 13.8 Å². The van der Waals surface area contributed by atoms with Crippen molar-refractivity contribution in [2.45, 2.75) is 51.6 Å². The summed E-state index contributed by atoms with van der Waals surface area (Å²) >= 11 is 0. The first-order valence-electron chi connectivity index (χ1n) is 8.73. The number of carbonyl (C=O) groups is 2. The quantitative estimate of drug-likeness (QED) is 0.835. The van der Waals surface area contributed by atoms with Crippen molar-refractivity contribution >= 4 is 11.8 Å². The summed E-state index contributed by atoms with van der Waals surface area (Å²) in [4.78, 5) is 28.2. The second kappa shape index (κ2) is 6.72. The zero-order valence-corrected chi connectivity index (χ0v) is 14.6. The summed E-state index contributed by atoms with van der Waals surface area (Å²) in [5, 5.41) is 4.29. The maximum Gasteiger partial charge on any atom is 0.251 e. The lowest BCUT2D eigenvalue weighted by Gasteiger charge is -2.36. The number of likely N-dealkylation sites (tertiary alicyclic amines) is 1. The minimum atomic E-state index is -2.67. The Morgan fingerprint density at radius 3 is 2.60 bits per heavy atom. The Morgan fingerprint density at radius 2 is 1.96 bits per heavy atom. The van der Waals surface area contributed by atoms with E-state index in [1.165, 1.54) is 4.90 Å². The molecule has 0 radical (unpaired) electrons. The summed E-state index contributed by atoms with van der Waals surface area (Å²) in [5.41, 5.74) is 0.892. The molecule has 1 unspecified atom stereocenters. The molecule has 0 aromatic carbocycles. The minimum absolute atomic E-state index is 0.0440. The summed E-state index contributed by atoms with van der Waals surface area (Å²) in [6.07, 6.45) is 1.27. The van der Waals surface area contributed by atoms with Gasteiger partial charge in [0.25, 0.3) is 5.92 Å². The Morgan fingerprint density at radius 1 is 1.28 bits per heavy atom. The van der Waals surface area contributed by atoms with E-state index >= 15 is 0 Å². The van der Waals surface area contributed by atoms with E-state index in [4.69, 9.17) is 0 Å². The van der Waals surface area contributed by atoms with E-state index in [0.717, 1.165) is 5.69 Å². The first-order chi connectivity index (χ1) is 11.8. The molecule has 1 aromatic heterocycles. The second-order valence-electron chi connectivity index (χ2n) is 7.24. The van der Waals surface area contributed by atoms with Gasteiger partial charge < -0.3 is 9.80 Å². The van der Waals surface area contributed by atoms with E-state index in [0.29, 0.717) is 13.1 Å². The summed E-state index contributed by atoms with van der Waals surface area (Å²) in [7, 11) is 0. The van der Waals surface area contributed by atoms with Crippen LogP contribution in [0.4, 0.5) is 8.78 Å². The topological polar surface area (TPSA) is 58.4 Å². The smallest absolute Gasteiger partial charge is 0.251 e. The summed E-state index contributed by atoms with van der Waals surface area (Å²) in [5.74, 6) is -2.89. The standard InChI is InChI=1S/C17H24F2N4O2/c1-12(2)16(25)22-10-13-3-6-20-23(13)14(11-22)9-15(24)21-7-4-17(18,19)5-8-21/h3,6,12,14H,4-5,7-11H2,1-2H3. The molecule has 0 aliphatic carbocycles. The van der Waals surface area contributed by atoms with Gasteiger partial charge in [0, 0.05) is 44.6 Å². The van der Waals surface area contributed by atoms with Gasteiger partial charge >= 0.3 is 0 Å². The van der Waals surface area contributed by atoms with E-state index in [9.17, 15) is 18.4 Å². The molecule has 0 saturated carbocycles. The van der Waals surface area contributed by atoms with Gasteiger partial charge in [-0.05, 0) is 6.07 Å². The van der Waals surface area contributed by atoms with Gasteiger partial charge in [0.1, 0.15) is 0 Å². The minimum Gasteiger partial charge on any atom is -0.342 e. The van der Waals surface area contributed by atoms with E-state index in [-0.39, 0.29) is 56.1 Å². The molecule has 1 atom stereocenters. The van der Waals surface area contributed by atoms with E-state index < -0.39 is 5.92 Å². The Kier molecular flexibility index (Phi) is 4.79. The Hall–Kier alpha value is -1.99. The number of carbonyl (C=O) groups excluding carboxylic acids is 2. The van der Waals surface area contributed by atoms with Gasteiger partial charge in [-0.25, -0.2) is 8.78 Å². The average Bonchev–Trinajstić information content (AvgIpc) is 3.02. The summed E-state index contributed by atoms with van der Waals surface area (Å²) in [6, 6.07) is 1.59. The zero-order chi connectivity index (χ0) is 18.2. The maximum atomic E-state index is 13.3. The molecule has 1 aromatic rings. The number of nitrogens with zero attached hydrogens (tertiary/aromatic N) is 4. The predicted octanol–water partition coefficient (Wildman–Crippen LogP) is 2.07. The first kappa shape index (κ1) is 17.8. The van der Waals surface area contributed by atoms with Crippen molar-refractivity contribution in [1.82, 2.24) is 19.6 Å². The zero-order valence-electron chi connectivity index (χ0n) is 14.6. The van der Waals surface area contributed by atoms with Crippen molar-refractivity contribution in [3.05, 3.63) is 18.0 Å². The normalized spacial score (nSPS) is 22.8. The van der Waals surface area contributed by atoms with Crippen LogP contribution in [-0.2, 0) is 16.1 Å². The molecule has 138 valence electrons. The molecule has 3 rings (SSSR count). The van der Waals surface area contributed by atoms with Crippen molar-refractivity contribution in [2.24, 2.45) is 5.92 Å². The Bertz CT molecular complexity index is 649. The Balaban J connectivity index is 1.69. The molecule has 8 heteroatoms. The fourth-order valence-electron chi connectivity index (χ4n) is 3.49. The lowest BCUT2D eigenvalue weighted by molar-refractivity contribution is -0.141. The maximum absolute atomic E-state index is 13.3. The van der Waals surface area contributed by atoms with E-state index in [1.54, 1.807) is 15.8 Å². The molecule has 3 heterocycles. The van der Waals surface area contributed by atoms with Gasteiger partial charge in [0.05, 0.1) is 24.7 Å². The highest BCUT2D eigenvalue weighted by molar-refractivity contribution is 5.79. The lowest BCUT2D eigenvalue weighted by atomic mass is 10.0. The molecular formula is C17H24F2N4O2. The predicted molar refractivity (Wildman–Crippen MR) is 86.9 cm³/mol. The van der Waals surface area contributed by atoms with Crippen LogP contribution in [-0.4, -0.2) is 57.0 Å². The molecule has 1 saturated heterocycles. The largest absolute Gasteiger partial charge is 0.342 e. The van der Waals surface area contributed by atoms with Crippen molar-refractivity contribution in [3.63, 3.8) is 0 Å². The highest BCUT2D eigenvalue weighted by Crippen LogP contribution is 2.29. The SMILES string of the molecule is CC(C)C(=O)N1Cc2ccnn2C(CC(=O)N2CCC(F)(F)CC2)C1. The van der Waals surface area contributed by atoms with Gasteiger partial charge in [0.2, 0.25) is 11.8 Å². The highest BCUT2D eigenvalue weighted by atomic mass is 19.3. The van der Waals surface area contributed by atoms with Crippen LogP contribution in [0.2, 0.25) is 0 Å². The molecule has 1 fully saturated rings. The van der Waals surface area contributed by atoms with Gasteiger partial charge in [0.15, 0.2) is 0 Å². The fourth-order valence-corrected chi connectivity index (χ4v) is 3.49. The number of alkyl halides is 2. The van der Waals surface area contributed by atoms with Crippen LogP contribution in [0.5, 0.6) is 0 Å². The van der Waals surface area contributed by atoms with Crippen molar-refractivity contribution in [3.8, 4) is 0 Å². The number of hydrogen-bond donors (Lipinski definition) is 0. The monoisotopic (exact) mass is 354 g/mol. The lowest BCUT2D eigenvalue weighted by Crippen LogP contribution is -2.46. The number of halogens is 2. The second-order valence-corrected chi connectivity index (χ2v) is 7.24. The molecule has 0 N–H and O–H groups in total. The molecule has 25 heavy (non-hydrogen) atoms. The molecular weight excluding hydrogens is 330 g/mol. The molecule has 2 amide bonds. The number of fused-ring (bicyclic) bond motifs is 1. The fraction of sp³-hybridized carbons (Fsp3) is 0.706. The van der Waals surface area contributed by atoms with Crippen LogP contribution in [0.1, 0.15) is 44.8 Å².